The molecule has 27 heavy (non-hydrogen) atoms. The second-order valence-corrected chi connectivity index (χ2v) is 7.11. The minimum atomic E-state index is -3.93. The molecule has 0 heterocycles. The van der Waals surface area contributed by atoms with Crippen molar-refractivity contribution in [3.05, 3.63) is 54.1 Å². The summed E-state index contributed by atoms with van der Waals surface area (Å²) in [4.78, 5) is 23.3. The van der Waals surface area contributed by atoms with Crippen LogP contribution in [0.2, 0.25) is 0 Å². The Labute approximate surface area is 157 Å². The van der Waals surface area contributed by atoms with E-state index in [-0.39, 0.29) is 10.5 Å². The molecule has 0 aliphatic rings. The van der Waals surface area contributed by atoms with Crippen LogP contribution in [0.15, 0.2) is 53.4 Å². The molecule has 0 unspecified atom stereocenters. The molecule has 0 aromatic heterocycles. The van der Waals surface area contributed by atoms with Crippen LogP contribution in [0.25, 0.3) is 0 Å². The van der Waals surface area contributed by atoms with Crippen molar-refractivity contribution in [1.29, 1.82) is 0 Å². The SMILES string of the molecule is COC(=O)[C@@H](C)OC(=O)c1cccc(S(=O)(=O)Nc2ccc(OC)cc2)c1. The summed E-state index contributed by atoms with van der Waals surface area (Å²) in [5, 5.41) is 0. The standard InChI is InChI=1S/C18H19NO7S/c1-12(17(20)25-3)26-18(21)13-5-4-6-16(11-13)27(22,23)19-14-7-9-15(24-2)10-8-14/h4-12,19H,1-3H3/t12-/m1/s1. The van der Waals surface area contributed by atoms with Gasteiger partial charge in [-0.2, -0.15) is 0 Å². The van der Waals surface area contributed by atoms with Crippen molar-refractivity contribution in [3.63, 3.8) is 0 Å². The van der Waals surface area contributed by atoms with Crippen LogP contribution in [-0.2, 0) is 24.3 Å². The summed E-state index contributed by atoms with van der Waals surface area (Å²) in [6.45, 7) is 1.36. The van der Waals surface area contributed by atoms with Gasteiger partial charge in [-0.3, -0.25) is 4.72 Å². The van der Waals surface area contributed by atoms with Crippen molar-refractivity contribution >= 4 is 27.6 Å². The molecule has 0 bridgehead atoms. The molecule has 0 spiro atoms. The highest BCUT2D eigenvalue weighted by atomic mass is 32.2. The van der Waals surface area contributed by atoms with Crippen LogP contribution in [0, 0.1) is 0 Å². The second kappa shape index (κ2) is 8.54. The van der Waals surface area contributed by atoms with Gasteiger partial charge >= 0.3 is 11.9 Å². The normalized spacial score (nSPS) is 12.0. The van der Waals surface area contributed by atoms with Gasteiger partial charge in [-0.05, 0) is 49.4 Å². The lowest BCUT2D eigenvalue weighted by atomic mass is 10.2. The van der Waals surface area contributed by atoms with Gasteiger partial charge in [0.25, 0.3) is 10.0 Å². The van der Waals surface area contributed by atoms with E-state index < -0.39 is 28.1 Å². The largest absolute Gasteiger partial charge is 0.497 e. The van der Waals surface area contributed by atoms with Crippen LogP contribution in [0.5, 0.6) is 5.75 Å². The third-order valence-corrected chi connectivity index (χ3v) is 4.92. The fraction of sp³-hybridized carbons (Fsp3) is 0.222. The van der Waals surface area contributed by atoms with Crippen molar-refractivity contribution in [2.45, 2.75) is 17.9 Å². The molecule has 2 rings (SSSR count). The summed E-state index contributed by atoms with van der Waals surface area (Å²) in [7, 11) is -1.25. The van der Waals surface area contributed by atoms with Crippen molar-refractivity contribution in [1.82, 2.24) is 0 Å². The summed E-state index contributed by atoms with van der Waals surface area (Å²) < 4.78 is 41.9. The molecule has 1 N–H and O–H groups in total. The van der Waals surface area contributed by atoms with Crippen LogP contribution < -0.4 is 9.46 Å². The van der Waals surface area contributed by atoms with Gasteiger partial charge in [0.2, 0.25) is 0 Å². The van der Waals surface area contributed by atoms with E-state index in [4.69, 9.17) is 9.47 Å². The lowest BCUT2D eigenvalue weighted by molar-refractivity contribution is -0.149. The molecule has 9 heteroatoms. The number of rotatable bonds is 7. The van der Waals surface area contributed by atoms with E-state index >= 15 is 0 Å². The first-order valence-corrected chi connectivity index (χ1v) is 9.31. The predicted molar refractivity (Wildman–Crippen MR) is 97.1 cm³/mol. The fourth-order valence-electron chi connectivity index (χ4n) is 2.11. The van der Waals surface area contributed by atoms with Crippen molar-refractivity contribution in [2.75, 3.05) is 18.9 Å². The molecular formula is C18H19NO7S. The lowest BCUT2D eigenvalue weighted by Crippen LogP contribution is -2.25. The Morgan fingerprint density at radius 1 is 1.04 bits per heavy atom. The monoisotopic (exact) mass is 393 g/mol. The molecule has 0 saturated heterocycles. The van der Waals surface area contributed by atoms with Crippen LogP contribution in [0.1, 0.15) is 17.3 Å². The second-order valence-electron chi connectivity index (χ2n) is 5.43. The lowest BCUT2D eigenvalue weighted by Gasteiger charge is -2.12. The molecule has 0 radical (unpaired) electrons. The molecule has 0 saturated carbocycles. The van der Waals surface area contributed by atoms with E-state index in [0.717, 1.165) is 6.07 Å². The number of carbonyl (C=O) groups excluding carboxylic acids is 2. The Balaban J connectivity index is 2.19. The number of ether oxygens (including phenoxy) is 3. The minimum Gasteiger partial charge on any atom is -0.497 e. The molecule has 1 atom stereocenters. The van der Waals surface area contributed by atoms with E-state index in [2.05, 4.69) is 9.46 Å². The molecule has 0 amide bonds. The molecule has 0 aliphatic heterocycles. The van der Waals surface area contributed by atoms with E-state index in [9.17, 15) is 18.0 Å². The summed E-state index contributed by atoms with van der Waals surface area (Å²) in [6, 6.07) is 11.6. The number of benzene rings is 2. The van der Waals surface area contributed by atoms with Crippen molar-refractivity contribution in [2.24, 2.45) is 0 Å². The number of methoxy groups -OCH3 is 2. The molecule has 0 fully saturated rings. The third-order valence-electron chi connectivity index (χ3n) is 3.54. The molecule has 2 aromatic rings. The fourth-order valence-corrected chi connectivity index (χ4v) is 3.21. The number of nitrogens with one attached hydrogen (secondary N) is 1. The number of sulfonamides is 1. The summed E-state index contributed by atoms with van der Waals surface area (Å²) in [5.41, 5.74) is 0.325. The maximum Gasteiger partial charge on any atom is 0.346 e. The van der Waals surface area contributed by atoms with Gasteiger partial charge in [0.1, 0.15) is 5.75 Å². The van der Waals surface area contributed by atoms with Crippen LogP contribution in [0.3, 0.4) is 0 Å². The number of esters is 2. The number of anilines is 1. The van der Waals surface area contributed by atoms with Gasteiger partial charge in [-0.1, -0.05) is 6.07 Å². The molecule has 0 aliphatic carbocycles. The maximum absolute atomic E-state index is 12.5. The van der Waals surface area contributed by atoms with Crippen LogP contribution >= 0.6 is 0 Å². The highest BCUT2D eigenvalue weighted by Gasteiger charge is 2.21. The van der Waals surface area contributed by atoms with E-state index in [1.165, 1.54) is 39.3 Å². The van der Waals surface area contributed by atoms with Gasteiger partial charge < -0.3 is 14.2 Å². The van der Waals surface area contributed by atoms with E-state index in [1.807, 2.05) is 0 Å². The first-order valence-electron chi connectivity index (χ1n) is 7.82. The Kier molecular flexibility index (Phi) is 6.40. The summed E-state index contributed by atoms with van der Waals surface area (Å²) in [5.74, 6) is -0.967. The first kappa shape index (κ1) is 20.2. The van der Waals surface area contributed by atoms with Crippen LogP contribution in [-0.4, -0.2) is 40.7 Å². The molecule has 8 nitrogen and oxygen atoms in total. The predicted octanol–water partition coefficient (Wildman–Crippen LogP) is 2.21. The Hall–Kier alpha value is -3.07. The topological polar surface area (TPSA) is 108 Å². The van der Waals surface area contributed by atoms with Gasteiger partial charge in [-0.15, -0.1) is 0 Å². The zero-order chi connectivity index (χ0) is 20.0. The number of hydrogen-bond donors (Lipinski definition) is 1. The number of hydrogen-bond acceptors (Lipinski definition) is 7. The van der Waals surface area contributed by atoms with Crippen LogP contribution in [0.4, 0.5) is 5.69 Å². The number of carbonyl (C=O) groups is 2. The average Bonchev–Trinajstić information content (AvgIpc) is 2.67. The molecular weight excluding hydrogens is 374 g/mol. The first-order chi connectivity index (χ1) is 12.8. The zero-order valence-electron chi connectivity index (χ0n) is 15.0. The van der Waals surface area contributed by atoms with Gasteiger partial charge in [0, 0.05) is 5.69 Å². The highest BCUT2D eigenvalue weighted by Crippen LogP contribution is 2.20. The molecule has 2 aromatic carbocycles. The maximum atomic E-state index is 12.5. The summed E-state index contributed by atoms with van der Waals surface area (Å²) >= 11 is 0. The quantitative estimate of drug-likeness (QED) is 0.719. The van der Waals surface area contributed by atoms with Gasteiger partial charge in [-0.25, -0.2) is 18.0 Å². The van der Waals surface area contributed by atoms with Crippen molar-refractivity contribution in [3.8, 4) is 5.75 Å². The van der Waals surface area contributed by atoms with E-state index in [1.54, 1.807) is 24.3 Å². The summed E-state index contributed by atoms with van der Waals surface area (Å²) in [6.07, 6.45) is -1.11. The molecule has 144 valence electrons. The Bertz CT molecular complexity index is 923. The Morgan fingerprint density at radius 2 is 1.70 bits per heavy atom. The smallest absolute Gasteiger partial charge is 0.346 e. The average molecular weight is 393 g/mol. The van der Waals surface area contributed by atoms with E-state index in [0.29, 0.717) is 11.4 Å². The highest BCUT2D eigenvalue weighted by molar-refractivity contribution is 7.92. The van der Waals surface area contributed by atoms with Crippen molar-refractivity contribution < 1.29 is 32.2 Å². The van der Waals surface area contributed by atoms with Gasteiger partial charge in [0.15, 0.2) is 6.10 Å². The minimum absolute atomic E-state index is 0.0108. The Morgan fingerprint density at radius 3 is 2.30 bits per heavy atom. The third kappa shape index (κ3) is 5.20. The van der Waals surface area contributed by atoms with Gasteiger partial charge in [0.05, 0.1) is 24.7 Å². The zero-order valence-corrected chi connectivity index (χ0v) is 15.8.